The lowest BCUT2D eigenvalue weighted by atomic mass is 9.92. The van der Waals surface area contributed by atoms with Crippen LogP contribution in [0.1, 0.15) is 22.4 Å². The number of benzene rings is 3. The van der Waals surface area contributed by atoms with Crippen LogP contribution < -0.4 is 0 Å². The first kappa shape index (κ1) is 17.8. The van der Waals surface area contributed by atoms with E-state index in [1.165, 1.54) is 0 Å². The van der Waals surface area contributed by atoms with Crippen LogP contribution in [-0.2, 0) is 0 Å². The van der Waals surface area contributed by atoms with E-state index in [-0.39, 0.29) is 0 Å². The number of rotatable bonds is 3. The van der Waals surface area contributed by atoms with Gasteiger partial charge in [-0.2, -0.15) is 10.4 Å². The molecule has 4 aromatic rings. The third-order valence-corrected chi connectivity index (χ3v) is 5.39. The second-order valence-electron chi connectivity index (χ2n) is 7.04. The normalized spacial score (nSPS) is 10.6. The van der Waals surface area contributed by atoms with Crippen LogP contribution in [0.25, 0.3) is 33.5 Å². The number of aryl methyl sites for hydroxylation is 1. The van der Waals surface area contributed by atoms with Gasteiger partial charge in [-0.15, -0.1) is 0 Å². The van der Waals surface area contributed by atoms with Gasteiger partial charge in [0.2, 0.25) is 0 Å². The van der Waals surface area contributed by atoms with Crippen LogP contribution in [-0.4, -0.2) is 10.2 Å². The van der Waals surface area contributed by atoms with Crippen molar-refractivity contribution in [3.05, 3.63) is 89.1 Å². The zero-order valence-electron chi connectivity index (χ0n) is 16.2. The summed E-state index contributed by atoms with van der Waals surface area (Å²) in [5.74, 6) is 0. The molecule has 3 aromatic carbocycles. The third-order valence-electron chi connectivity index (χ3n) is 5.39. The number of H-pyrrole nitrogens is 1. The highest BCUT2D eigenvalue weighted by Crippen LogP contribution is 2.35. The Hall–Kier alpha value is -3.64. The van der Waals surface area contributed by atoms with E-state index in [2.05, 4.69) is 66.5 Å². The first-order valence-electron chi connectivity index (χ1n) is 9.31. The van der Waals surface area contributed by atoms with Crippen molar-refractivity contribution in [2.75, 3.05) is 0 Å². The van der Waals surface area contributed by atoms with Crippen LogP contribution >= 0.6 is 0 Å². The summed E-state index contributed by atoms with van der Waals surface area (Å²) in [7, 11) is 0. The van der Waals surface area contributed by atoms with Crippen molar-refractivity contribution in [3.63, 3.8) is 0 Å². The molecule has 0 aliphatic carbocycles. The molecule has 0 spiro atoms. The maximum Gasteiger partial charge on any atom is 0.100 e. The second-order valence-corrected chi connectivity index (χ2v) is 7.04. The summed E-state index contributed by atoms with van der Waals surface area (Å²) in [4.78, 5) is 0. The molecule has 0 saturated carbocycles. The van der Waals surface area contributed by atoms with Crippen LogP contribution in [0.5, 0.6) is 0 Å². The first-order chi connectivity index (χ1) is 13.6. The second kappa shape index (κ2) is 7.17. The minimum atomic E-state index is 0.736. The summed E-state index contributed by atoms with van der Waals surface area (Å²) in [6.07, 6.45) is 0. The number of aromatic amines is 1. The summed E-state index contributed by atoms with van der Waals surface area (Å²) >= 11 is 0. The Bertz CT molecular complexity index is 1180. The van der Waals surface area contributed by atoms with Crippen LogP contribution in [0.15, 0.2) is 66.7 Å². The van der Waals surface area contributed by atoms with E-state index in [0.29, 0.717) is 0 Å². The molecular weight excluding hydrogens is 342 g/mol. The molecule has 0 aliphatic heterocycles. The molecule has 0 unspecified atom stereocenters. The van der Waals surface area contributed by atoms with E-state index >= 15 is 0 Å². The van der Waals surface area contributed by atoms with Crippen LogP contribution in [0.2, 0.25) is 0 Å². The van der Waals surface area contributed by atoms with Crippen molar-refractivity contribution >= 4 is 0 Å². The van der Waals surface area contributed by atoms with Gasteiger partial charge in [-0.05, 0) is 54.7 Å². The quantitative estimate of drug-likeness (QED) is 0.470. The smallest absolute Gasteiger partial charge is 0.100 e. The molecule has 3 heteroatoms. The Morgan fingerprint density at radius 3 is 2.11 bits per heavy atom. The van der Waals surface area contributed by atoms with Crippen LogP contribution in [0.4, 0.5) is 0 Å². The molecule has 0 bridgehead atoms. The van der Waals surface area contributed by atoms with Gasteiger partial charge in [0.25, 0.3) is 0 Å². The van der Waals surface area contributed by atoms with Gasteiger partial charge in [0.15, 0.2) is 0 Å². The highest BCUT2D eigenvalue weighted by Gasteiger charge is 2.15. The molecule has 1 N–H and O–H groups in total. The first-order valence-corrected chi connectivity index (χ1v) is 9.31. The summed E-state index contributed by atoms with van der Waals surface area (Å²) in [5.41, 5.74) is 10.6. The van der Waals surface area contributed by atoms with Gasteiger partial charge in [-0.1, -0.05) is 60.7 Å². The number of nitrogens with one attached hydrogen (secondary N) is 1. The van der Waals surface area contributed by atoms with Crippen LogP contribution in [0.3, 0.4) is 0 Å². The van der Waals surface area contributed by atoms with Gasteiger partial charge in [-0.3, -0.25) is 5.10 Å². The fraction of sp³-hybridized carbons (Fsp3) is 0.120. The molecule has 0 amide bonds. The fourth-order valence-electron chi connectivity index (χ4n) is 3.66. The molecule has 3 nitrogen and oxygen atoms in total. The number of aromatic nitrogens is 2. The minimum absolute atomic E-state index is 0.736. The van der Waals surface area contributed by atoms with E-state index in [1.54, 1.807) is 0 Å². The van der Waals surface area contributed by atoms with E-state index in [1.807, 2.05) is 37.3 Å². The number of nitrogens with zero attached hydrogens (tertiary/aromatic N) is 2. The molecular formula is C25H21N3. The van der Waals surface area contributed by atoms with E-state index < -0.39 is 0 Å². The van der Waals surface area contributed by atoms with E-state index in [4.69, 9.17) is 0 Å². The van der Waals surface area contributed by atoms with Gasteiger partial charge in [-0.25, -0.2) is 0 Å². The third kappa shape index (κ3) is 3.00. The number of hydrogen-bond donors (Lipinski definition) is 1. The van der Waals surface area contributed by atoms with Crippen molar-refractivity contribution < 1.29 is 0 Å². The summed E-state index contributed by atoms with van der Waals surface area (Å²) < 4.78 is 0. The maximum absolute atomic E-state index is 9.23. The lowest BCUT2D eigenvalue weighted by Gasteiger charge is -2.11. The maximum atomic E-state index is 9.23. The molecule has 136 valence electrons. The number of hydrogen-bond acceptors (Lipinski definition) is 2. The Balaban J connectivity index is 1.76. The van der Waals surface area contributed by atoms with Crippen molar-refractivity contribution in [2.24, 2.45) is 0 Å². The molecule has 1 heterocycles. The molecule has 0 aliphatic rings. The Morgan fingerprint density at radius 1 is 0.750 bits per heavy atom. The summed E-state index contributed by atoms with van der Waals surface area (Å²) in [6, 6.07) is 25.0. The monoisotopic (exact) mass is 363 g/mol. The largest absolute Gasteiger partial charge is 0.282 e. The van der Waals surface area contributed by atoms with Crippen LogP contribution in [0, 0.1) is 32.1 Å². The van der Waals surface area contributed by atoms with E-state index in [9.17, 15) is 5.26 Å². The zero-order chi connectivity index (χ0) is 19.7. The Labute approximate surface area is 165 Å². The molecule has 0 fully saturated rings. The topological polar surface area (TPSA) is 52.5 Å². The molecule has 4 rings (SSSR count). The fourth-order valence-corrected chi connectivity index (χ4v) is 3.66. The Kier molecular flexibility index (Phi) is 4.55. The van der Waals surface area contributed by atoms with Gasteiger partial charge < -0.3 is 0 Å². The minimum Gasteiger partial charge on any atom is -0.282 e. The van der Waals surface area contributed by atoms with Crippen molar-refractivity contribution in [3.8, 4) is 39.6 Å². The summed E-state index contributed by atoms with van der Waals surface area (Å²) in [5, 5.41) is 16.9. The van der Waals surface area contributed by atoms with Crippen molar-refractivity contribution in [2.45, 2.75) is 20.8 Å². The average molecular weight is 363 g/mol. The summed E-state index contributed by atoms with van der Waals surface area (Å²) in [6.45, 7) is 6.14. The van der Waals surface area contributed by atoms with Gasteiger partial charge >= 0.3 is 0 Å². The molecule has 0 radical (unpaired) electrons. The number of nitriles is 1. The van der Waals surface area contributed by atoms with E-state index in [0.717, 1.165) is 55.9 Å². The predicted molar refractivity (Wildman–Crippen MR) is 114 cm³/mol. The lowest BCUT2D eigenvalue weighted by Crippen LogP contribution is -1.92. The standard InChI is InChI=1S/C25H21N3/c1-16-17(2)23(14-13-22(16)15-26)19-9-11-20(12-10-19)24-18(3)27-28-25(24)21-7-5-4-6-8-21/h4-14H,1-3H3,(H,27,28). The van der Waals surface area contributed by atoms with Gasteiger partial charge in [0.05, 0.1) is 11.6 Å². The highest BCUT2D eigenvalue weighted by atomic mass is 15.1. The highest BCUT2D eigenvalue weighted by molar-refractivity contribution is 5.83. The predicted octanol–water partition coefficient (Wildman–Crippen LogP) is 6.21. The molecule has 1 aromatic heterocycles. The SMILES string of the molecule is Cc1[nH]nc(-c2ccccc2)c1-c1ccc(-c2ccc(C#N)c(C)c2C)cc1. The molecule has 0 saturated heterocycles. The lowest BCUT2D eigenvalue weighted by molar-refractivity contribution is 1.05. The average Bonchev–Trinajstić information content (AvgIpc) is 3.12. The van der Waals surface area contributed by atoms with Gasteiger partial charge in [0.1, 0.15) is 5.69 Å². The zero-order valence-corrected chi connectivity index (χ0v) is 16.2. The van der Waals surface area contributed by atoms with Crippen molar-refractivity contribution in [1.82, 2.24) is 10.2 Å². The van der Waals surface area contributed by atoms with Crippen molar-refractivity contribution in [1.29, 1.82) is 5.26 Å². The molecule has 0 atom stereocenters. The Morgan fingerprint density at radius 2 is 1.43 bits per heavy atom. The van der Waals surface area contributed by atoms with Gasteiger partial charge in [0, 0.05) is 16.8 Å². The molecule has 28 heavy (non-hydrogen) atoms.